The predicted molar refractivity (Wildman–Crippen MR) is 120 cm³/mol. The van der Waals surface area contributed by atoms with Crippen molar-refractivity contribution in [1.82, 2.24) is 24.8 Å². The normalized spacial score (nSPS) is 16.5. The van der Waals surface area contributed by atoms with Crippen LogP contribution in [0.15, 0.2) is 59.7 Å². The van der Waals surface area contributed by atoms with Crippen molar-refractivity contribution in [3.05, 3.63) is 77.1 Å². The molecule has 0 unspecified atom stereocenters. The number of carbonyl (C=O) groups is 1. The van der Waals surface area contributed by atoms with Crippen LogP contribution in [0.4, 0.5) is 0 Å². The Morgan fingerprint density at radius 2 is 1.81 bits per heavy atom. The lowest BCUT2D eigenvalue weighted by Gasteiger charge is -2.37. The summed E-state index contributed by atoms with van der Waals surface area (Å²) in [5.74, 6) is 0.0692. The van der Waals surface area contributed by atoms with Crippen LogP contribution in [0.5, 0.6) is 0 Å². The van der Waals surface area contributed by atoms with Gasteiger partial charge in [0.2, 0.25) is 0 Å². The van der Waals surface area contributed by atoms with Crippen LogP contribution in [-0.2, 0) is 6.54 Å². The monoisotopic (exact) mass is 414 g/mol. The van der Waals surface area contributed by atoms with Gasteiger partial charge >= 0.3 is 0 Å². The number of carbonyl (C=O) groups excluding carboxylic acids is 1. The fourth-order valence-corrected chi connectivity index (χ4v) is 4.26. The number of aliphatic imine (C=N–C) groups is 1. The summed E-state index contributed by atoms with van der Waals surface area (Å²) in [5.41, 5.74) is 5.42. The number of fused-ring (bicyclic) bond motifs is 1. The van der Waals surface area contributed by atoms with Gasteiger partial charge in [0, 0.05) is 43.3 Å². The molecule has 3 heterocycles. The van der Waals surface area contributed by atoms with Gasteiger partial charge in [-0.05, 0) is 37.6 Å². The molecule has 1 aromatic heterocycles. The minimum Gasteiger partial charge on any atom is -0.336 e. The Labute approximate surface area is 182 Å². The van der Waals surface area contributed by atoms with Gasteiger partial charge in [0.25, 0.3) is 5.91 Å². The van der Waals surface area contributed by atoms with Crippen LogP contribution >= 0.6 is 0 Å². The van der Waals surface area contributed by atoms with Crippen molar-refractivity contribution in [1.29, 1.82) is 0 Å². The van der Waals surface area contributed by atoms with Gasteiger partial charge in [-0.2, -0.15) is 0 Å². The number of aromatic nitrogens is 3. The zero-order valence-corrected chi connectivity index (χ0v) is 17.9. The van der Waals surface area contributed by atoms with E-state index in [0.717, 1.165) is 48.8 Å². The maximum Gasteiger partial charge on any atom is 0.254 e. The van der Waals surface area contributed by atoms with E-state index in [1.807, 2.05) is 47.5 Å². The molecule has 0 atom stereocenters. The molecule has 0 radical (unpaired) electrons. The molecule has 7 nitrogen and oxygen atoms in total. The Balaban J connectivity index is 1.34. The quantitative estimate of drug-likeness (QED) is 0.659. The Morgan fingerprint density at radius 3 is 2.61 bits per heavy atom. The molecular formula is C24H26N6O. The van der Waals surface area contributed by atoms with Crippen LogP contribution in [0.1, 0.15) is 41.0 Å². The molecule has 1 amide bonds. The molecule has 0 N–H and O–H groups in total. The molecule has 31 heavy (non-hydrogen) atoms. The van der Waals surface area contributed by atoms with E-state index < -0.39 is 0 Å². The Bertz CT molecular complexity index is 1140. The summed E-state index contributed by atoms with van der Waals surface area (Å²) in [7, 11) is 0. The molecule has 0 spiro atoms. The third kappa shape index (κ3) is 3.77. The highest BCUT2D eigenvalue weighted by Crippen LogP contribution is 2.22. The first-order valence-electron chi connectivity index (χ1n) is 10.8. The van der Waals surface area contributed by atoms with Gasteiger partial charge in [-0.1, -0.05) is 35.5 Å². The van der Waals surface area contributed by atoms with Crippen molar-refractivity contribution in [3.8, 4) is 5.69 Å². The zero-order valence-electron chi connectivity index (χ0n) is 17.9. The van der Waals surface area contributed by atoms with E-state index in [-0.39, 0.29) is 5.91 Å². The molecule has 7 heteroatoms. The molecule has 1 saturated heterocycles. The molecule has 2 aliphatic heterocycles. The minimum absolute atomic E-state index is 0.0692. The second kappa shape index (κ2) is 8.07. The van der Waals surface area contributed by atoms with Gasteiger partial charge < -0.3 is 4.90 Å². The topological polar surface area (TPSA) is 66.6 Å². The fraction of sp³-hybridized carbons (Fsp3) is 0.333. The smallest absolute Gasteiger partial charge is 0.254 e. The van der Waals surface area contributed by atoms with Gasteiger partial charge in [-0.3, -0.25) is 14.7 Å². The zero-order chi connectivity index (χ0) is 21.4. The van der Waals surface area contributed by atoms with Crippen LogP contribution in [0.3, 0.4) is 0 Å². The summed E-state index contributed by atoms with van der Waals surface area (Å²) in [6, 6.07) is 16.3. The van der Waals surface area contributed by atoms with Gasteiger partial charge in [0.1, 0.15) is 5.69 Å². The maximum atomic E-state index is 13.1. The summed E-state index contributed by atoms with van der Waals surface area (Å²) in [5, 5.41) is 8.64. The lowest BCUT2D eigenvalue weighted by atomic mass is 10.0. The highest BCUT2D eigenvalue weighted by Gasteiger charge is 2.24. The SMILES string of the molecule is CC(C)N1CCN(C(=O)c2cccc(-n3cc(C4=NCc5ccccc54)nn3)c2)CC1. The van der Waals surface area contributed by atoms with Crippen molar-refractivity contribution >= 4 is 11.6 Å². The number of hydrogen-bond acceptors (Lipinski definition) is 5. The molecule has 0 saturated carbocycles. The first-order chi connectivity index (χ1) is 15.1. The number of nitrogens with zero attached hydrogens (tertiary/aromatic N) is 6. The Morgan fingerprint density at radius 1 is 1.00 bits per heavy atom. The average molecular weight is 415 g/mol. The second-order valence-corrected chi connectivity index (χ2v) is 8.34. The molecule has 2 aliphatic rings. The van der Waals surface area contributed by atoms with Gasteiger partial charge in [-0.15, -0.1) is 5.10 Å². The highest BCUT2D eigenvalue weighted by molar-refractivity contribution is 6.13. The van der Waals surface area contributed by atoms with Crippen molar-refractivity contribution in [2.24, 2.45) is 4.99 Å². The number of hydrogen-bond donors (Lipinski definition) is 0. The molecule has 5 rings (SSSR count). The number of benzene rings is 2. The van der Waals surface area contributed by atoms with E-state index >= 15 is 0 Å². The average Bonchev–Trinajstić information content (AvgIpc) is 3.46. The Hall–Kier alpha value is -3.32. The van der Waals surface area contributed by atoms with E-state index in [4.69, 9.17) is 0 Å². The first-order valence-corrected chi connectivity index (χ1v) is 10.8. The van der Waals surface area contributed by atoms with Crippen LogP contribution < -0.4 is 0 Å². The standard InChI is InChI=1S/C24H26N6O/c1-17(2)28-10-12-29(13-11-28)24(31)18-7-5-8-20(14-18)30-16-22(26-27-30)23-21-9-4-3-6-19(21)15-25-23/h3-9,14,16-17H,10-13,15H2,1-2H3. The molecule has 0 aliphatic carbocycles. The molecule has 0 bridgehead atoms. The largest absolute Gasteiger partial charge is 0.336 e. The molecule has 158 valence electrons. The number of rotatable bonds is 4. The fourth-order valence-electron chi connectivity index (χ4n) is 4.26. The predicted octanol–water partition coefficient (Wildman–Crippen LogP) is 2.78. The van der Waals surface area contributed by atoms with E-state index in [2.05, 4.69) is 46.2 Å². The molecule has 2 aromatic carbocycles. The highest BCUT2D eigenvalue weighted by atomic mass is 16.2. The van der Waals surface area contributed by atoms with E-state index in [0.29, 0.717) is 18.2 Å². The summed E-state index contributed by atoms with van der Waals surface area (Å²) in [4.78, 5) is 22.0. The number of amides is 1. The van der Waals surface area contributed by atoms with Crippen LogP contribution in [0, 0.1) is 0 Å². The minimum atomic E-state index is 0.0692. The summed E-state index contributed by atoms with van der Waals surface area (Å²) >= 11 is 0. The van der Waals surface area contributed by atoms with Gasteiger partial charge in [-0.25, -0.2) is 4.68 Å². The first kappa shape index (κ1) is 19.6. The van der Waals surface area contributed by atoms with Crippen molar-refractivity contribution < 1.29 is 4.79 Å². The van der Waals surface area contributed by atoms with E-state index in [1.54, 1.807) is 4.68 Å². The third-order valence-corrected chi connectivity index (χ3v) is 6.11. The lowest BCUT2D eigenvalue weighted by Crippen LogP contribution is -2.50. The van der Waals surface area contributed by atoms with E-state index in [9.17, 15) is 4.79 Å². The van der Waals surface area contributed by atoms with Crippen LogP contribution in [-0.4, -0.2) is 68.6 Å². The van der Waals surface area contributed by atoms with E-state index in [1.165, 1.54) is 5.56 Å². The third-order valence-electron chi connectivity index (χ3n) is 6.11. The molecule has 3 aromatic rings. The summed E-state index contributed by atoms with van der Waals surface area (Å²) in [6.07, 6.45) is 1.88. The van der Waals surface area contributed by atoms with Crippen molar-refractivity contribution in [2.45, 2.75) is 26.4 Å². The maximum absolute atomic E-state index is 13.1. The van der Waals surface area contributed by atoms with Crippen LogP contribution in [0.2, 0.25) is 0 Å². The van der Waals surface area contributed by atoms with Crippen LogP contribution in [0.25, 0.3) is 5.69 Å². The van der Waals surface area contributed by atoms with Gasteiger partial charge in [0.15, 0.2) is 0 Å². The Kier molecular flexibility index (Phi) is 5.11. The number of piperazine rings is 1. The lowest BCUT2D eigenvalue weighted by molar-refractivity contribution is 0.0595. The summed E-state index contributed by atoms with van der Waals surface area (Å²) in [6.45, 7) is 8.42. The second-order valence-electron chi connectivity index (χ2n) is 8.34. The molecular weight excluding hydrogens is 388 g/mol. The van der Waals surface area contributed by atoms with Crippen molar-refractivity contribution in [3.63, 3.8) is 0 Å². The summed E-state index contributed by atoms with van der Waals surface area (Å²) < 4.78 is 1.71. The molecule has 1 fully saturated rings. The van der Waals surface area contributed by atoms with Crippen molar-refractivity contribution in [2.75, 3.05) is 26.2 Å². The van der Waals surface area contributed by atoms with Gasteiger partial charge in [0.05, 0.1) is 24.1 Å².